The number of halogens is 1. The van der Waals surface area contributed by atoms with Gasteiger partial charge in [-0.3, -0.25) is 4.98 Å². The van der Waals surface area contributed by atoms with E-state index in [1.54, 1.807) is 0 Å². The molecule has 1 aromatic heterocycles. The van der Waals surface area contributed by atoms with Gasteiger partial charge in [0.25, 0.3) is 0 Å². The average molecular weight is 247 g/mol. The maximum atomic E-state index is 6.11. The molecular formula is C14H15ClN2. The van der Waals surface area contributed by atoms with E-state index in [0.29, 0.717) is 5.92 Å². The van der Waals surface area contributed by atoms with Crippen LogP contribution in [0.5, 0.6) is 0 Å². The van der Waals surface area contributed by atoms with E-state index in [4.69, 9.17) is 16.6 Å². The van der Waals surface area contributed by atoms with E-state index in [9.17, 15) is 0 Å². The number of aromatic nitrogens is 1. The van der Waals surface area contributed by atoms with E-state index in [0.717, 1.165) is 27.2 Å². The fourth-order valence-corrected chi connectivity index (χ4v) is 2.54. The standard InChI is InChI=1S/C14H15ClN2/c1-8-5-10(15)6-11-13(16-2)7-12(9-3-4-9)17-14(8)11/h5-7,9H,3-4H2,1-2H3,(H,16,17). The molecule has 1 aromatic carbocycles. The van der Waals surface area contributed by atoms with Gasteiger partial charge in [0.2, 0.25) is 0 Å². The van der Waals surface area contributed by atoms with Crippen molar-refractivity contribution < 1.29 is 0 Å². The van der Waals surface area contributed by atoms with Gasteiger partial charge in [-0.05, 0) is 43.5 Å². The number of benzene rings is 1. The number of nitrogens with one attached hydrogen (secondary N) is 1. The third-order valence-corrected chi connectivity index (χ3v) is 3.57. The topological polar surface area (TPSA) is 24.9 Å². The Labute approximate surface area is 106 Å². The second-order valence-corrected chi connectivity index (χ2v) is 5.17. The molecule has 0 spiro atoms. The summed E-state index contributed by atoms with van der Waals surface area (Å²) in [6, 6.07) is 6.13. The number of hydrogen-bond acceptors (Lipinski definition) is 2. The van der Waals surface area contributed by atoms with Gasteiger partial charge >= 0.3 is 0 Å². The van der Waals surface area contributed by atoms with Crippen LogP contribution in [0.4, 0.5) is 5.69 Å². The molecule has 0 bridgehead atoms. The zero-order valence-electron chi connectivity index (χ0n) is 10.0. The van der Waals surface area contributed by atoms with E-state index in [2.05, 4.69) is 18.3 Å². The van der Waals surface area contributed by atoms with Crippen LogP contribution in [0.3, 0.4) is 0 Å². The van der Waals surface area contributed by atoms with Gasteiger partial charge in [0.05, 0.1) is 5.52 Å². The highest BCUT2D eigenvalue weighted by Crippen LogP contribution is 2.41. The molecule has 1 fully saturated rings. The van der Waals surface area contributed by atoms with E-state index >= 15 is 0 Å². The van der Waals surface area contributed by atoms with Crippen molar-refractivity contribution in [3.8, 4) is 0 Å². The second kappa shape index (κ2) is 3.88. The predicted molar refractivity (Wildman–Crippen MR) is 73.0 cm³/mol. The number of rotatable bonds is 2. The van der Waals surface area contributed by atoms with Crippen molar-refractivity contribution in [3.05, 3.63) is 34.5 Å². The van der Waals surface area contributed by atoms with Crippen LogP contribution in [0.1, 0.15) is 30.0 Å². The maximum Gasteiger partial charge on any atom is 0.0756 e. The average Bonchev–Trinajstić information content (AvgIpc) is 3.11. The van der Waals surface area contributed by atoms with E-state index in [-0.39, 0.29) is 0 Å². The first-order valence-corrected chi connectivity index (χ1v) is 6.35. The number of fused-ring (bicyclic) bond motifs is 1. The third-order valence-electron chi connectivity index (χ3n) is 3.35. The van der Waals surface area contributed by atoms with Crippen molar-refractivity contribution >= 4 is 28.2 Å². The molecule has 0 unspecified atom stereocenters. The highest BCUT2D eigenvalue weighted by atomic mass is 35.5. The molecular weight excluding hydrogens is 232 g/mol. The SMILES string of the molecule is CNc1cc(C2CC2)nc2c(C)cc(Cl)cc12. The molecule has 0 amide bonds. The number of pyridine rings is 1. The van der Waals surface area contributed by atoms with Crippen LogP contribution in [-0.2, 0) is 0 Å². The van der Waals surface area contributed by atoms with Gasteiger partial charge in [-0.25, -0.2) is 0 Å². The van der Waals surface area contributed by atoms with Gasteiger partial charge in [0.15, 0.2) is 0 Å². The van der Waals surface area contributed by atoms with Gasteiger partial charge in [0, 0.05) is 34.8 Å². The number of hydrogen-bond donors (Lipinski definition) is 1. The number of nitrogens with zero attached hydrogens (tertiary/aromatic N) is 1. The zero-order chi connectivity index (χ0) is 12.0. The summed E-state index contributed by atoms with van der Waals surface area (Å²) in [6.07, 6.45) is 2.54. The molecule has 3 heteroatoms. The smallest absolute Gasteiger partial charge is 0.0756 e. The Hall–Kier alpha value is -1.28. The van der Waals surface area contributed by atoms with Crippen molar-refractivity contribution in [2.45, 2.75) is 25.7 Å². The minimum Gasteiger partial charge on any atom is -0.388 e. The Bertz CT molecular complexity index is 588. The zero-order valence-corrected chi connectivity index (χ0v) is 10.8. The third kappa shape index (κ3) is 1.87. The monoisotopic (exact) mass is 246 g/mol. The van der Waals surface area contributed by atoms with Gasteiger partial charge in [0.1, 0.15) is 0 Å². The van der Waals surface area contributed by atoms with Crippen LogP contribution in [0.2, 0.25) is 5.02 Å². The normalized spacial score (nSPS) is 15.2. The Morgan fingerprint density at radius 1 is 1.29 bits per heavy atom. The molecule has 17 heavy (non-hydrogen) atoms. The lowest BCUT2D eigenvalue weighted by Gasteiger charge is -2.11. The van der Waals surface area contributed by atoms with Gasteiger partial charge in [-0.1, -0.05) is 11.6 Å². The van der Waals surface area contributed by atoms with Crippen LogP contribution in [0.15, 0.2) is 18.2 Å². The van der Waals surface area contributed by atoms with Crippen molar-refractivity contribution in [3.63, 3.8) is 0 Å². The highest BCUT2D eigenvalue weighted by molar-refractivity contribution is 6.31. The summed E-state index contributed by atoms with van der Waals surface area (Å²) in [6.45, 7) is 2.07. The molecule has 1 N–H and O–H groups in total. The largest absolute Gasteiger partial charge is 0.388 e. The Morgan fingerprint density at radius 3 is 2.71 bits per heavy atom. The lowest BCUT2D eigenvalue weighted by molar-refractivity contribution is 1.04. The highest BCUT2D eigenvalue weighted by Gasteiger charge is 2.26. The van der Waals surface area contributed by atoms with Crippen LogP contribution in [0, 0.1) is 6.92 Å². The molecule has 1 aliphatic carbocycles. The summed E-state index contributed by atoms with van der Waals surface area (Å²) >= 11 is 6.11. The molecule has 1 saturated carbocycles. The van der Waals surface area contributed by atoms with Crippen LogP contribution in [0.25, 0.3) is 10.9 Å². The molecule has 1 heterocycles. The first-order chi connectivity index (χ1) is 8.19. The Kier molecular flexibility index (Phi) is 2.48. The van der Waals surface area contributed by atoms with Crippen molar-refractivity contribution in [1.82, 2.24) is 4.98 Å². The van der Waals surface area contributed by atoms with Crippen LogP contribution < -0.4 is 5.32 Å². The first-order valence-electron chi connectivity index (χ1n) is 5.97. The molecule has 2 nitrogen and oxygen atoms in total. The molecule has 0 radical (unpaired) electrons. The summed E-state index contributed by atoms with van der Waals surface area (Å²) in [5, 5.41) is 5.13. The van der Waals surface area contributed by atoms with E-state index in [1.165, 1.54) is 18.5 Å². The van der Waals surface area contributed by atoms with Gasteiger partial charge in [-0.15, -0.1) is 0 Å². The Morgan fingerprint density at radius 2 is 2.06 bits per heavy atom. The first kappa shape index (κ1) is 10.8. The lowest BCUT2D eigenvalue weighted by atomic mass is 10.1. The summed E-state index contributed by atoms with van der Waals surface area (Å²) in [5.74, 6) is 0.668. The molecule has 0 saturated heterocycles. The Balaban J connectivity index is 2.31. The summed E-state index contributed by atoms with van der Waals surface area (Å²) < 4.78 is 0. The molecule has 2 aromatic rings. The molecule has 0 atom stereocenters. The minimum absolute atomic E-state index is 0.668. The van der Waals surface area contributed by atoms with Crippen LogP contribution in [-0.4, -0.2) is 12.0 Å². The molecule has 3 rings (SSSR count). The maximum absolute atomic E-state index is 6.11. The van der Waals surface area contributed by atoms with Crippen molar-refractivity contribution in [2.24, 2.45) is 0 Å². The number of anilines is 1. The molecule has 0 aliphatic heterocycles. The summed E-state index contributed by atoms with van der Waals surface area (Å²) in [4.78, 5) is 4.79. The fraction of sp³-hybridized carbons (Fsp3) is 0.357. The van der Waals surface area contributed by atoms with Crippen LogP contribution >= 0.6 is 11.6 Å². The van der Waals surface area contributed by atoms with Crippen molar-refractivity contribution in [1.29, 1.82) is 0 Å². The predicted octanol–water partition coefficient (Wildman–Crippen LogP) is 4.12. The van der Waals surface area contributed by atoms with E-state index in [1.807, 2.05) is 19.2 Å². The van der Waals surface area contributed by atoms with Gasteiger partial charge in [-0.2, -0.15) is 0 Å². The molecule has 88 valence electrons. The summed E-state index contributed by atoms with van der Waals surface area (Å²) in [5.41, 5.74) is 4.56. The number of aryl methyl sites for hydroxylation is 1. The lowest BCUT2D eigenvalue weighted by Crippen LogP contribution is -1.97. The molecule has 1 aliphatic rings. The quantitative estimate of drug-likeness (QED) is 0.862. The summed E-state index contributed by atoms with van der Waals surface area (Å²) in [7, 11) is 1.95. The second-order valence-electron chi connectivity index (χ2n) is 4.74. The van der Waals surface area contributed by atoms with Gasteiger partial charge < -0.3 is 5.32 Å². The van der Waals surface area contributed by atoms with Crippen molar-refractivity contribution in [2.75, 3.05) is 12.4 Å². The minimum atomic E-state index is 0.668. The van der Waals surface area contributed by atoms with E-state index < -0.39 is 0 Å². The fourth-order valence-electron chi connectivity index (χ4n) is 2.27.